The Kier molecular flexibility index (Phi) is 8.70. The van der Waals surface area contributed by atoms with Crippen molar-refractivity contribution in [3.05, 3.63) is 35.9 Å². The van der Waals surface area contributed by atoms with Gasteiger partial charge in [0.25, 0.3) is 0 Å². The number of carbonyl (C=O) groups excluding carboxylic acids is 3. The van der Waals surface area contributed by atoms with Gasteiger partial charge in [0, 0.05) is 0 Å². The van der Waals surface area contributed by atoms with Gasteiger partial charge in [-0.15, -0.1) is 0 Å². The molecule has 0 heterocycles. The molecule has 27 heavy (non-hydrogen) atoms. The van der Waals surface area contributed by atoms with Crippen molar-refractivity contribution < 1.29 is 34.1 Å². The predicted molar refractivity (Wildman–Crippen MR) is 95.5 cm³/mol. The number of rotatable bonds is 8. The number of esters is 1. The third-order valence-electron chi connectivity index (χ3n) is 3.20. The van der Waals surface area contributed by atoms with Crippen molar-refractivity contribution in [1.29, 1.82) is 0 Å². The smallest absolute Gasteiger partial charge is 0.408 e. The van der Waals surface area contributed by atoms with E-state index in [1.54, 1.807) is 45.0 Å². The van der Waals surface area contributed by atoms with Gasteiger partial charge in [-0.1, -0.05) is 30.3 Å². The number of alkyl carbamates (subject to hydrolysis) is 1. The molecule has 0 saturated carbocycles. The molecule has 0 saturated heterocycles. The van der Waals surface area contributed by atoms with E-state index in [2.05, 4.69) is 10.6 Å². The number of aliphatic hydroxyl groups is 2. The molecule has 0 aliphatic rings. The Morgan fingerprint density at radius 2 is 1.59 bits per heavy atom. The number of nitrogens with one attached hydrogen (secondary N) is 2. The van der Waals surface area contributed by atoms with Crippen molar-refractivity contribution in [3.8, 4) is 0 Å². The van der Waals surface area contributed by atoms with Crippen molar-refractivity contribution in [3.63, 3.8) is 0 Å². The van der Waals surface area contributed by atoms with Gasteiger partial charge in [0.1, 0.15) is 18.2 Å². The normalized spacial score (nSPS) is 13.2. The molecule has 1 aromatic rings. The molecule has 1 rings (SSSR count). The molecular formula is C18H26N2O7. The highest BCUT2D eigenvalue weighted by atomic mass is 16.6. The molecule has 0 aliphatic heterocycles. The van der Waals surface area contributed by atoms with Crippen molar-refractivity contribution in [2.24, 2.45) is 0 Å². The largest absolute Gasteiger partial charge is 0.459 e. The maximum absolute atomic E-state index is 12.2. The minimum absolute atomic E-state index is 0.0222. The molecule has 2 amide bonds. The lowest BCUT2D eigenvalue weighted by Crippen LogP contribution is -2.54. The van der Waals surface area contributed by atoms with Gasteiger partial charge in [0.2, 0.25) is 5.91 Å². The fourth-order valence-electron chi connectivity index (χ4n) is 1.92. The molecule has 4 N–H and O–H groups in total. The summed E-state index contributed by atoms with van der Waals surface area (Å²) in [4.78, 5) is 35.9. The SMILES string of the molecule is CC(C)(C)OC(=O)N[C@@H](CO)C(=O)N[C@@H](CO)C(=O)OCc1ccccc1. The van der Waals surface area contributed by atoms with Crippen molar-refractivity contribution in [2.75, 3.05) is 13.2 Å². The van der Waals surface area contributed by atoms with Crippen molar-refractivity contribution in [2.45, 2.75) is 45.1 Å². The summed E-state index contributed by atoms with van der Waals surface area (Å²) < 4.78 is 10.1. The van der Waals surface area contributed by atoms with Crippen molar-refractivity contribution >= 4 is 18.0 Å². The first-order valence-electron chi connectivity index (χ1n) is 8.38. The molecule has 0 spiro atoms. The van der Waals surface area contributed by atoms with Gasteiger partial charge in [-0.2, -0.15) is 0 Å². The highest BCUT2D eigenvalue weighted by Crippen LogP contribution is 2.07. The third kappa shape index (κ3) is 8.52. The Hall–Kier alpha value is -2.65. The van der Waals surface area contributed by atoms with Crippen LogP contribution in [0.2, 0.25) is 0 Å². The van der Waals surface area contributed by atoms with Crippen LogP contribution in [0.25, 0.3) is 0 Å². The molecule has 0 radical (unpaired) electrons. The summed E-state index contributed by atoms with van der Waals surface area (Å²) in [5.74, 6) is -1.71. The van der Waals surface area contributed by atoms with Crippen LogP contribution in [0.15, 0.2) is 30.3 Å². The molecule has 9 heteroatoms. The average Bonchev–Trinajstić information content (AvgIpc) is 2.61. The van der Waals surface area contributed by atoms with Gasteiger partial charge in [-0.3, -0.25) is 4.79 Å². The van der Waals surface area contributed by atoms with Crippen LogP contribution in [0.1, 0.15) is 26.3 Å². The first-order valence-corrected chi connectivity index (χ1v) is 8.38. The van der Waals surface area contributed by atoms with Crippen LogP contribution in [-0.4, -0.2) is 59.1 Å². The van der Waals surface area contributed by atoms with Gasteiger partial charge in [0.05, 0.1) is 13.2 Å². The lowest BCUT2D eigenvalue weighted by atomic mass is 10.2. The molecule has 9 nitrogen and oxygen atoms in total. The van der Waals surface area contributed by atoms with Crippen LogP contribution >= 0.6 is 0 Å². The lowest BCUT2D eigenvalue weighted by Gasteiger charge is -2.23. The second kappa shape index (κ2) is 10.5. The summed E-state index contributed by atoms with van der Waals surface area (Å²) in [5, 5.41) is 23.1. The minimum atomic E-state index is -1.35. The second-order valence-electron chi connectivity index (χ2n) is 6.72. The number of hydrogen-bond acceptors (Lipinski definition) is 7. The van der Waals surface area contributed by atoms with Crippen LogP contribution < -0.4 is 10.6 Å². The van der Waals surface area contributed by atoms with E-state index in [9.17, 15) is 24.6 Å². The van der Waals surface area contributed by atoms with Gasteiger partial charge < -0.3 is 30.3 Å². The van der Waals surface area contributed by atoms with Gasteiger partial charge in [0.15, 0.2) is 6.04 Å². The van der Waals surface area contributed by atoms with Crippen molar-refractivity contribution in [1.82, 2.24) is 10.6 Å². The second-order valence-corrected chi connectivity index (χ2v) is 6.72. The van der Waals surface area contributed by atoms with E-state index in [4.69, 9.17) is 9.47 Å². The predicted octanol–water partition coefficient (Wildman–Crippen LogP) is 0.0925. The molecule has 0 fully saturated rings. The van der Waals surface area contributed by atoms with E-state index < -0.39 is 48.9 Å². The summed E-state index contributed by atoms with van der Waals surface area (Å²) >= 11 is 0. The number of amides is 2. The lowest BCUT2D eigenvalue weighted by molar-refractivity contribution is -0.150. The first kappa shape index (κ1) is 22.4. The standard InChI is InChI=1S/C18H26N2O7/c1-18(2,3)27-17(25)20-13(9-21)15(23)19-14(10-22)16(24)26-11-12-7-5-4-6-8-12/h4-8,13-14,21-22H,9-11H2,1-3H3,(H,19,23)(H,20,25)/t13-,14-/m0/s1. The van der Waals surface area contributed by atoms with Crippen LogP contribution in [0.3, 0.4) is 0 Å². The Morgan fingerprint density at radius 3 is 2.11 bits per heavy atom. The Bertz CT molecular complexity index is 628. The Balaban J connectivity index is 2.58. The highest BCUT2D eigenvalue weighted by molar-refractivity contribution is 5.89. The third-order valence-corrected chi connectivity index (χ3v) is 3.20. The molecule has 1 aromatic carbocycles. The van der Waals surface area contributed by atoms with E-state index in [1.807, 2.05) is 6.07 Å². The number of benzene rings is 1. The Morgan fingerprint density at radius 1 is 1.00 bits per heavy atom. The Labute approximate surface area is 157 Å². The van der Waals surface area contributed by atoms with E-state index in [1.165, 1.54) is 0 Å². The molecule has 0 bridgehead atoms. The minimum Gasteiger partial charge on any atom is -0.459 e. The van der Waals surface area contributed by atoms with Crippen LogP contribution in [0, 0.1) is 0 Å². The maximum atomic E-state index is 12.2. The van der Waals surface area contributed by atoms with E-state index in [-0.39, 0.29) is 6.61 Å². The quantitative estimate of drug-likeness (QED) is 0.468. The number of ether oxygens (including phenoxy) is 2. The molecule has 0 aliphatic carbocycles. The highest BCUT2D eigenvalue weighted by Gasteiger charge is 2.28. The molecule has 0 aromatic heterocycles. The molecule has 150 valence electrons. The topological polar surface area (TPSA) is 134 Å². The first-order chi connectivity index (χ1) is 12.7. The van der Waals surface area contributed by atoms with Gasteiger partial charge in [-0.05, 0) is 26.3 Å². The summed E-state index contributed by atoms with van der Waals surface area (Å²) in [6.07, 6.45) is -0.899. The fraction of sp³-hybridized carbons (Fsp3) is 0.500. The van der Waals surface area contributed by atoms with E-state index >= 15 is 0 Å². The average molecular weight is 382 g/mol. The zero-order chi connectivity index (χ0) is 20.4. The number of aliphatic hydroxyl groups excluding tert-OH is 2. The number of carbonyl (C=O) groups is 3. The monoisotopic (exact) mass is 382 g/mol. The summed E-state index contributed by atoms with van der Waals surface area (Å²) in [6.45, 7) is 3.49. The van der Waals surface area contributed by atoms with Crippen LogP contribution in [0.4, 0.5) is 4.79 Å². The molecular weight excluding hydrogens is 356 g/mol. The summed E-state index contributed by atoms with van der Waals surface area (Å²) in [6, 6.07) is 6.20. The van der Waals surface area contributed by atoms with E-state index in [0.717, 1.165) is 5.56 Å². The van der Waals surface area contributed by atoms with Crippen LogP contribution in [0.5, 0.6) is 0 Å². The number of hydrogen-bond donors (Lipinski definition) is 4. The van der Waals surface area contributed by atoms with Gasteiger partial charge in [-0.25, -0.2) is 9.59 Å². The zero-order valence-electron chi connectivity index (χ0n) is 15.6. The van der Waals surface area contributed by atoms with Gasteiger partial charge >= 0.3 is 12.1 Å². The fourth-order valence-corrected chi connectivity index (χ4v) is 1.92. The molecule has 2 atom stereocenters. The molecule has 0 unspecified atom stereocenters. The summed E-state index contributed by atoms with van der Waals surface area (Å²) in [5.41, 5.74) is -0.0381. The maximum Gasteiger partial charge on any atom is 0.408 e. The zero-order valence-corrected chi connectivity index (χ0v) is 15.6. The van der Waals surface area contributed by atoms with E-state index in [0.29, 0.717) is 0 Å². The van der Waals surface area contributed by atoms with Crippen LogP contribution in [-0.2, 0) is 25.7 Å². The summed E-state index contributed by atoms with van der Waals surface area (Å²) in [7, 11) is 0.